The van der Waals surface area contributed by atoms with Crippen molar-refractivity contribution in [3.8, 4) is 17.2 Å². The molecular formula is C15H16NP. The van der Waals surface area contributed by atoms with Crippen molar-refractivity contribution in [2.75, 3.05) is 6.16 Å². The molecule has 0 aliphatic carbocycles. The van der Waals surface area contributed by atoms with Crippen LogP contribution in [0, 0.1) is 11.3 Å². The van der Waals surface area contributed by atoms with Crippen LogP contribution in [0.5, 0.6) is 0 Å². The summed E-state index contributed by atoms with van der Waals surface area (Å²) >= 11 is 0. The van der Waals surface area contributed by atoms with Gasteiger partial charge in [-0.05, 0) is 17.3 Å². The van der Waals surface area contributed by atoms with Crippen LogP contribution in [0.25, 0.3) is 11.1 Å². The third-order valence-corrected chi connectivity index (χ3v) is 2.43. The quantitative estimate of drug-likeness (QED) is 0.725. The summed E-state index contributed by atoms with van der Waals surface area (Å²) in [6.45, 7) is 0. The standard InChI is InChI=1S/C12H10.C3H6NP/c1-3-7-11(8-4-1)12-9-5-2-6-10-12;4-2-1-3-5/h1-10H;1,3,5H2. The smallest absolute Gasteiger partial charge is 0.0625 e. The van der Waals surface area contributed by atoms with Crippen molar-refractivity contribution in [1.29, 1.82) is 5.26 Å². The van der Waals surface area contributed by atoms with Crippen molar-refractivity contribution in [1.82, 2.24) is 0 Å². The summed E-state index contributed by atoms with van der Waals surface area (Å²) in [5.41, 5.74) is 2.55. The van der Waals surface area contributed by atoms with Gasteiger partial charge in [0.25, 0.3) is 0 Å². The van der Waals surface area contributed by atoms with Crippen LogP contribution in [0.2, 0.25) is 0 Å². The zero-order chi connectivity index (χ0) is 12.3. The zero-order valence-electron chi connectivity index (χ0n) is 9.71. The first-order valence-corrected chi connectivity index (χ1v) is 6.37. The maximum atomic E-state index is 7.80. The second kappa shape index (κ2) is 8.50. The van der Waals surface area contributed by atoms with E-state index in [0.717, 1.165) is 6.16 Å². The van der Waals surface area contributed by atoms with Gasteiger partial charge in [0.2, 0.25) is 0 Å². The van der Waals surface area contributed by atoms with Gasteiger partial charge in [0.1, 0.15) is 0 Å². The lowest BCUT2D eigenvalue weighted by Gasteiger charge is -1.98. The average Bonchev–Trinajstić information content (AvgIpc) is 2.42. The van der Waals surface area contributed by atoms with E-state index in [9.17, 15) is 0 Å². The van der Waals surface area contributed by atoms with Crippen LogP contribution in [0.3, 0.4) is 0 Å². The number of benzene rings is 2. The fourth-order valence-electron chi connectivity index (χ4n) is 1.33. The molecule has 2 aromatic carbocycles. The fourth-order valence-corrected chi connectivity index (χ4v) is 1.45. The molecule has 1 nitrogen and oxygen atoms in total. The third-order valence-electron chi connectivity index (χ3n) is 2.14. The minimum Gasteiger partial charge on any atom is -0.198 e. The van der Waals surface area contributed by atoms with E-state index in [1.165, 1.54) is 11.1 Å². The highest BCUT2D eigenvalue weighted by atomic mass is 31.0. The topological polar surface area (TPSA) is 23.8 Å². The Bertz CT molecular complexity index is 408. The van der Waals surface area contributed by atoms with Gasteiger partial charge in [0, 0.05) is 6.42 Å². The van der Waals surface area contributed by atoms with E-state index < -0.39 is 0 Å². The Hall–Kier alpha value is -1.64. The highest BCUT2D eigenvalue weighted by Gasteiger charge is 1.91. The van der Waals surface area contributed by atoms with Crippen LogP contribution >= 0.6 is 9.24 Å². The summed E-state index contributed by atoms with van der Waals surface area (Å²) in [4.78, 5) is 0. The minimum absolute atomic E-state index is 0.657. The van der Waals surface area contributed by atoms with Gasteiger partial charge in [0.15, 0.2) is 0 Å². The average molecular weight is 241 g/mol. The van der Waals surface area contributed by atoms with Crippen molar-refractivity contribution in [3.63, 3.8) is 0 Å². The van der Waals surface area contributed by atoms with Gasteiger partial charge in [-0.15, -0.1) is 9.24 Å². The SMILES string of the molecule is N#CCCP.c1ccc(-c2ccccc2)cc1. The van der Waals surface area contributed by atoms with Crippen LogP contribution in [0.15, 0.2) is 60.7 Å². The molecule has 2 aromatic rings. The summed E-state index contributed by atoms with van der Waals surface area (Å²) in [6.07, 6.45) is 1.56. The number of hydrogen-bond donors (Lipinski definition) is 0. The second-order valence-electron chi connectivity index (χ2n) is 3.43. The van der Waals surface area contributed by atoms with Gasteiger partial charge in [-0.3, -0.25) is 0 Å². The third kappa shape index (κ3) is 5.29. The van der Waals surface area contributed by atoms with Crippen LogP contribution < -0.4 is 0 Å². The molecule has 0 aliphatic heterocycles. The Morgan fingerprint density at radius 3 is 1.47 bits per heavy atom. The van der Waals surface area contributed by atoms with Crippen LogP contribution in [-0.4, -0.2) is 6.16 Å². The maximum Gasteiger partial charge on any atom is 0.0625 e. The van der Waals surface area contributed by atoms with Crippen molar-refractivity contribution >= 4 is 9.24 Å². The van der Waals surface area contributed by atoms with Crippen LogP contribution in [-0.2, 0) is 0 Å². The van der Waals surface area contributed by atoms with E-state index >= 15 is 0 Å². The maximum absolute atomic E-state index is 7.80. The van der Waals surface area contributed by atoms with Gasteiger partial charge >= 0.3 is 0 Å². The lowest BCUT2D eigenvalue weighted by atomic mass is 10.1. The van der Waals surface area contributed by atoms with Crippen LogP contribution in [0.1, 0.15) is 6.42 Å². The Kier molecular flexibility index (Phi) is 6.72. The van der Waals surface area contributed by atoms with Gasteiger partial charge in [-0.2, -0.15) is 5.26 Å². The molecule has 0 amide bonds. The molecule has 2 heteroatoms. The Labute approximate surface area is 105 Å². The molecule has 0 aromatic heterocycles. The van der Waals surface area contributed by atoms with Gasteiger partial charge in [-0.1, -0.05) is 60.7 Å². The van der Waals surface area contributed by atoms with Crippen molar-refractivity contribution in [2.24, 2.45) is 0 Å². The monoisotopic (exact) mass is 241 g/mol. The van der Waals surface area contributed by atoms with E-state index in [4.69, 9.17) is 5.26 Å². The van der Waals surface area contributed by atoms with E-state index in [1.807, 2.05) is 18.2 Å². The summed E-state index contributed by atoms with van der Waals surface area (Å²) in [6, 6.07) is 22.8. The molecule has 0 spiro atoms. The summed E-state index contributed by atoms with van der Waals surface area (Å²) < 4.78 is 0. The first kappa shape index (κ1) is 13.4. The molecule has 17 heavy (non-hydrogen) atoms. The lowest BCUT2D eigenvalue weighted by molar-refractivity contribution is 1.24. The highest BCUT2D eigenvalue weighted by Crippen LogP contribution is 2.17. The number of hydrogen-bond acceptors (Lipinski definition) is 1. The van der Waals surface area contributed by atoms with Crippen molar-refractivity contribution in [2.45, 2.75) is 6.42 Å². The molecule has 0 heterocycles. The molecule has 0 aliphatic rings. The Balaban J connectivity index is 0.000000249. The number of rotatable bonds is 2. The van der Waals surface area contributed by atoms with E-state index in [2.05, 4.69) is 57.8 Å². The minimum atomic E-state index is 0.657. The first-order valence-electron chi connectivity index (χ1n) is 5.56. The predicted molar refractivity (Wildman–Crippen MR) is 76.7 cm³/mol. The molecular weight excluding hydrogens is 225 g/mol. The lowest BCUT2D eigenvalue weighted by Crippen LogP contribution is -1.73. The molecule has 0 radical (unpaired) electrons. The molecule has 0 saturated carbocycles. The molecule has 0 fully saturated rings. The van der Waals surface area contributed by atoms with E-state index in [1.54, 1.807) is 0 Å². The molecule has 1 unspecified atom stereocenters. The van der Waals surface area contributed by atoms with E-state index in [0.29, 0.717) is 6.42 Å². The van der Waals surface area contributed by atoms with Crippen molar-refractivity contribution < 1.29 is 0 Å². The van der Waals surface area contributed by atoms with Gasteiger partial charge in [-0.25, -0.2) is 0 Å². The Morgan fingerprint density at radius 2 is 1.24 bits per heavy atom. The first-order chi connectivity index (χ1) is 8.38. The summed E-state index contributed by atoms with van der Waals surface area (Å²) in [5.74, 6) is 0. The van der Waals surface area contributed by atoms with Crippen LogP contribution in [0.4, 0.5) is 0 Å². The van der Waals surface area contributed by atoms with E-state index in [-0.39, 0.29) is 0 Å². The van der Waals surface area contributed by atoms with Crippen molar-refractivity contribution in [3.05, 3.63) is 60.7 Å². The molecule has 2 rings (SSSR count). The summed E-state index contributed by atoms with van der Waals surface area (Å²) in [7, 11) is 2.48. The highest BCUT2D eigenvalue weighted by molar-refractivity contribution is 7.16. The molecule has 0 N–H and O–H groups in total. The second-order valence-corrected chi connectivity index (χ2v) is 4.01. The number of nitriles is 1. The Morgan fingerprint density at radius 1 is 0.824 bits per heavy atom. The largest absolute Gasteiger partial charge is 0.198 e. The normalized spacial score (nSPS) is 8.71. The molecule has 86 valence electrons. The molecule has 1 atom stereocenters. The summed E-state index contributed by atoms with van der Waals surface area (Å²) in [5, 5.41) is 7.80. The molecule has 0 saturated heterocycles. The fraction of sp³-hybridized carbons (Fsp3) is 0.133. The predicted octanol–water partition coefficient (Wildman–Crippen LogP) is 4.13. The van der Waals surface area contributed by atoms with Gasteiger partial charge in [0.05, 0.1) is 6.07 Å². The number of nitrogens with zero attached hydrogens (tertiary/aromatic N) is 1. The van der Waals surface area contributed by atoms with Gasteiger partial charge < -0.3 is 0 Å². The zero-order valence-corrected chi connectivity index (χ0v) is 10.9. The molecule has 0 bridgehead atoms.